The zero-order valence-corrected chi connectivity index (χ0v) is 13.8. The van der Waals surface area contributed by atoms with Crippen LogP contribution in [0.4, 0.5) is 5.95 Å². The normalized spacial score (nSPS) is 13.4. The van der Waals surface area contributed by atoms with E-state index in [-0.39, 0.29) is 6.04 Å². The molecule has 5 heteroatoms. The molecule has 1 heterocycles. The number of anilines is 1. The van der Waals surface area contributed by atoms with Gasteiger partial charge >= 0.3 is 0 Å². The molecule has 5 nitrogen and oxygen atoms in total. The molecular weight excluding hydrogens is 252 g/mol. The van der Waals surface area contributed by atoms with Crippen molar-refractivity contribution in [1.29, 1.82) is 0 Å². The monoisotopic (exact) mass is 282 g/mol. The molecule has 0 spiro atoms. The molecule has 1 unspecified atom stereocenters. The topological polar surface area (TPSA) is 42.3 Å². The first-order chi connectivity index (χ1) is 9.47. The Morgan fingerprint density at radius 3 is 2.45 bits per heavy atom. The molecule has 0 radical (unpaired) electrons. The van der Waals surface area contributed by atoms with E-state index >= 15 is 0 Å². The molecule has 0 bridgehead atoms. The van der Waals surface area contributed by atoms with E-state index < -0.39 is 0 Å². The summed E-state index contributed by atoms with van der Waals surface area (Å²) in [7, 11) is 1.73. The average molecular weight is 282 g/mol. The summed E-state index contributed by atoms with van der Waals surface area (Å²) in [4.78, 5) is 6.85. The molecule has 0 fully saturated rings. The van der Waals surface area contributed by atoms with E-state index in [4.69, 9.17) is 4.74 Å². The molecule has 0 saturated heterocycles. The highest BCUT2D eigenvalue weighted by Crippen LogP contribution is 2.13. The summed E-state index contributed by atoms with van der Waals surface area (Å²) in [5.41, 5.74) is 0. The van der Waals surface area contributed by atoms with Crippen molar-refractivity contribution in [3.63, 3.8) is 0 Å². The molecule has 1 atom stereocenters. The highest BCUT2D eigenvalue weighted by molar-refractivity contribution is 5.26. The van der Waals surface area contributed by atoms with Gasteiger partial charge in [-0.1, -0.05) is 0 Å². The second kappa shape index (κ2) is 8.27. The van der Waals surface area contributed by atoms with Crippen LogP contribution in [-0.2, 0) is 4.74 Å². The van der Waals surface area contributed by atoms with E-state index in [9.17, 15) is 0 Å². The number of methoxy groups -OCH3 is 1. The summed E-state index contributed by atoms with van der Waals surface area (Å²) in [5.74, 6) is 0.919. The number of hydrogen-bond acceptors (Lipinski definition) is 4. The number of imidazole rings is 1. The lowest BCUT2D eigenvalue weighted by atomic mass is 10.2. The van der Waals surface area contributed by atoms with Crippen LogP contribution in [0.5, 0.6) is 0 Å². The fourth-order valence-corrected chi connectivity index (χ4v) is 2.54. The van der Waals surface area contributed by atoms with Crippen molar-refractivity contribution in [1.82, 2.24) is 14.5 Å². The van der Waals surface area contributed by atoms with Crippen molar-refractivity contribution in [3.8, 4) is 0 Å². The summed E-state index contributed by atoms with van der Waals surface area (Å²) in [6, 6.07) is 1.41. The molecule has 0 aliphatic carbocycles. The number of ether oxygens (including phenoxy) is 1. The van der Waals surface area contributed by atoms with E-state index in [1.54, 1.807) is 7.11 Å². The Hall–Kier alpha value is -1.07. The van der Waals surface area contributed by atoms with Crippen molar-refractivity contribution in [3.05, 3.63) is 12.4 Å². The van der Waals surface area contributed by atoms with Crippen molar-refractivity contribution in [2.45, 2.75) is 52.7 Å². The third kappa shape index (κ3) is 4.80. The van der Waals surface area contributed by atoms with E-state index in [0.717, 1.165) is 19.0 Å². The molecule has 0 saturated carbocycles. The second-order valence-electron chi connectivity index (χ2n) is 5.81. The Kier molecular flexibility index (Phi) is 7.02. The second-order valence-corrected chi connectivity index (χ2v) is 5.81. The van der Waals surface area contributed by atoms with Gasteiger partial charge in [0.1, 0.15) is 0 Å². The summed E-state index contributed by atoms with van der Waals surface area (Å²) in [6.07, 6.45) is 3.83. The number of rotatable bonds is 9. The Labute approximate surface area is 123 Å². The van der Waals surface area contributed by atoms with Gasteiger partial charge in [0.25, 0.3) is 0 Å². The van der Waals surface area contributed by atoms with Crippen LogP contribution in [0.2, 0.25) is 0 Å². The van der Waals surface area contributed by atoms with Crippen molar-refractivity contribution in [2.24, 2.45) is 0 Å². The van der Waals surface area contributed by atoms with E-state index in [1.807, 2.05) is 12.4 Å². The summed E-state index contributed by atoms with van der Waals surface area (Å²) in [6.45, 7) is 13.7. The van der Waals surface area contributed by atoms with E-state index in [0.29, 0.717) is 18.7 Å². The Bertz CT molecular complexity index is 368. The lowest BCUT2D eigenvalue weighted by Gasteiger charge is -2.30. The molecule has 20 heavy (non-hydrogen) atoms. The summed E-state index contributed by atoms with van der Waals surface area (Å²) >= 11 is 0. The number of nitrogens with one attached hydrogen (secondary N) is 1. The maximum atomic E-state index is 5.20. The third-order valence-electron chi connectivity index (χ3n) is 3.53. The van der Waals surface area contributed by atoms with E-state index in [2.05, 4.69) is 54.4 Å². The number of hydrogen-bond donors (Lipinski definition) is 1. The fraction of sp³-hybridized carbons (Fsp3) is 0.800. The minimum Gasteiger partial charge on any atom is -0.383 e. The molecule has 0 aliphatic heterocycles. The number of aromatic nitrogens is 2. The first-order valence-corrected chi connectivity index (χ1v) is 7.48. The Morgan fingerprint density at radius 2 is 1.90 bits per heavy atom. The van der Waals surface area contributed by atoms with Gasteiger partial charge in [0, 0.05) is 44.7 Å². The van der Waals surface area contributed by atoms with Crippen molar-refractivity contribution < 1.29 is 4.74 Å². The Balaban J connectivity index is 2.52. The van der Waals surface area contributed by atoms with Crippen LogP contribution in [-0.4, -0.2) is 53.3 Å². The van der Waals surface area contributed by atoms with Crippen LogP contribution in [0.25, 0.3) is 0 Å². The first kappa shape index (κ1) is 17.0. The largest absolute Gasteiger partial charge is 0.383 e. The standard InChI is InChI=1S/C15H30N4O/c1-12(2)18(13(3)4)9-7-16-15-17-8-10-19(15)14(5)11-20-6/h8,10,12-14H,7,9,11H2,1-6H3,(H,16,17). The molecule has 1 aromatic heterocycles. The van der Waals surface area contributed by atoms with Gasteiger partial charge in [-0.25, -0.2) is 4.98 Å². The minimum absolute atomic E-state index is 0.288. The lowest BCUT2D eigenvalue weighted by molar-refractivity contribution is 0.162. The maximum absolute atomic E-state index is 5.20. The third-order valence-corrected chi connectivity index (χ3v) is 3.53. The van der Waals surface area contributed by atoms with Gasteiger partial charge in [-0.05, 0) is 34.6 Å². The zero-order chi connectivity index (χ0) is 15.1. The van der Waals surface area contributed by atoms with Crippen LogP contribution in [0.15, 0.2) is 12.4 Å². The number of nitrogens with zero attached hydrogens (tertiary/aromatic N) is 3. The van der Waals surface area contributed by atoms with Crippen LogP contribution < -0.4 is 5.32 Å². The molecule has 0 aromatic carbocycles. The molecule has 1 rings (SSSR count). The fourth-order valence-electron chi connectivity index (χ4n) is 2.54. The zero-order valence-electron chi connectivity index (χ0n) is 13.8. The van der Waals surface area contributed by atoms with Gasteiger partial charge in [-0.3, -0.25) is 4.90 Å². The molecular formula is C15H30N4O. The summed E-state index contributed by atoms with van der Waals surface area (Å²) in [5, 5.41) is 3.43. The maximum Gasteiger partial charge on any atom is 0.203 e. The van der Waals surface area contributed by atoms with E-state index in [1.165, 1.54) is 0 Å². The van der Waals surface area contributed by atoms with Crippen LogP contribution in [0, 0.1) is 0 Å². The van der Waals surface area contributed by atoms with Gasteiger partial charge in [-0.2, -0.15) is 0 Å². The molecule has 0 aliphatic rings. The van der Waals surface area contributed by atoms with Crippen LogP contribution >= 0.6 is 0 Å². The molecule has 1 N–H and O–H groups in total. The molecule has 116 valence electrons. The van der Waals surface area contributed by atoms with Crippen LogP contribution in [0.1, 0.15) is 40.7 Å². The van der Waals surface area contributed by atoms with Crippen molar-refractivity contribution in [2.75, 3.05) is 32.1 Å². The predicted molar refractivity (Wildman–Crippen MR) is 84.3 cm³/mol. The average Bonchev–Trinajstić information content (AvgIpc) is 2.82. The highest BCUT2D eigenvalue weighted by Gasteiger charge is 2.14. The quantitative estimate of drug-likeness (QED) is 0.756. The van der Waals surface area contributed by atoms with Gasteiger partial charge < -0.3 is 14.6 Å². The van der Waals surface area contributed by atoms with Gasteiger partial charge in [0.2, 0.25) is 5.95 Å². The first-order valence-electron chi connectivity index (χ1n) is 7.48. The molecule has 0 amide bonds. The minimum atomic E-state index is 0.288. The van der Waals surface area contributed by atoms with Gasteiger partial charge in [0.05, 0.1) is 12.6 Å². The highest BCUT2D eigenvalue weighted by atomic mass is 16.5. The predicted octanol–water partition coefficient (Wildman–Crippen LogP) is 2.62. The molecule has 1 aromatic rings. The van der Waals surface area contributed by atoms with Crippen molar-refractivity contribution >= 4 is 5.95 Å². The smallest absolute Gasteiger partial charge is 0.203 e. The Morgan fingerprint density at radius 1 is 1.25 bits per heavy atom. The van der Waals surface area contributed by atoms with Gasteiger partial charge in [0.15, 0.2) is 0 Å². The summed E-state index contributed by atoms with van der Waals surface area (Å²) < 4.78 is 7.33. The lowest BCUT2D eigenvalue weighted by Crippen LogP contribution is -2.40. The van der Waals surface area contributed by atoms with Crippen LogP contribution in [0.3, 0.4) is 0 Å². The van der Waals surface area contributed by atoms with Gasteiger partial charge in [-0.15, -0.1) is 0 Å². The SMILES string of the molecule is COCC(C)n1ccnc1NCCN(C(C)C)C(C)C.